The zero-order valence-electron chi connectivity index (χ0n) is 25.5. The van der Waals surface area contributed by atoms with E-state index in [-0.39, 0.29) is 29.1 Å². The van der Waals surface area contributed by atoms with Crippen LogP contribution >= 0.6 is 15.9 Å². The van der Waals surface area contributed by atoms with E-state index in [1.807, 2.05) is 12.1 Å². The number of hydrogen-bond donors (Lipinski definition) is 1. The molecule has 0 radical (unpaired) electrons. The van der Waals surface area contributed by atoms with Crippen molar-refractivity contribution in [1.29, 1.82) is 0 Å². The molecule has 2 saturated heterocycles. The Morgan fingerprint density at radius 2 is 1.56 bits per heavy atom. The van der Waals surface area contributed by atoms with Gasteiger partial charge in [-0.3, -0.25) is 4.79 Å². The minimum absolute atomic E-state index is 0.122. The molecule has 2 heterocycles. The van der Waals surface area contributed by atoms with Gasteiger partial charge < -0.3 is 15.4 Å². The van der Waals surface area contributed by atoms with E-state index in [9.17, 15) is 13.2 Å². The van der Waals surface area contributed by atoms with Crippen molar-refractivity contribution < 1.29 is 26.7 Å². The molecule has 3 atom stereocenters. The van der Waals surface area contributed by atoms with E-state index in [0.717, 1.165) is 35.4 Å². The number of halogens is 3. The van der Waals surface area contributed by atoms with E-state index in [2.05, 4.69) is 15.9 Å². The number of benzene rings is 3. The molecule has 0 spiro atoms. The van der Waals surface area contributed by atoms with Gasteiger partial charge in [0.2, 0.25) is 15.9 Å². The molecule has 2 aliphatic heterocycles. The van der Waals surface area contributed by atoms with Crippen molar-refractivity contribution in [2.45, 2.75) is 112 Å². The van der Waals surface area contributed by atoms with Crippen molar-refractivity contribution in [2.24, 2.45) is 5.73 Å². The van der Waals surface area contributed by atoms with Crippen LogP contribution in [-0.4, -0.2) is 59.8 Å². The lowest BCUT2D eigenvalue weighted by molar-refractivity contribution is -0.157. The summed E-state index contributed by atoms with van der Waals surface area (Å²) >= 11 is 3.28. The fourth-order valence-corrected chi connectivity index (χ4v) is 9.52. The third-order valence-corrected chi connectivity index (χ3v) is 12.1. The van der Waals surface area contributed by atoms with E-state index < -0.39 is 39.5 Å². The van der Waals surface area contributed by atoms with Gasteiger partial charge in [-0.05, 0) is 112 Å². The zero-order chi connectivity index (χ0) is 32.1. The van der Waals surface area contributed by atoms with Crippen LogP contribution in [0.1, 0.15) is 70.8 Å². The molecule has 3 aromatic carbocycles. The quantitative estimate of drug-likeness (QED) is 0.260. The lowest BCUT2D eigenvalue weighted by atomic mass is 9.94. The molecule has 2 bridgehead atoms. The summed E-state index contributed by atoms with van der Waals surface area (Å²) in [6.07, 6.45) is 6.81. The first-order valence-electron chi connectivity index (χ1n) is 15.8. The summed E-state index contributed by atoms with van der Waals surface area (Å²) in [5.41, 5.74) is 5.80. The molecule has 45 heavy (non-hydrogen) atoms. The minimum Gasteiger partial charge on any atom is -0.490 e. The summed E-state index contributed by atoms with van der Waals surface area (Å²) in [4.78, 5) is 15.8. The van der Waals surface area contributed by atoms with Gasteiger partial charge in [0.1, 0.15) is 5.75 Å². The lowest BCUT2D eigenvalue weighted by Crippen LogP contribution is -2.63. The Labute approximate surface area is 272 Å². The molecule has 11 heteroatoms. The summed E-state index contributed by atoms with van der Waals surface area (Å²) in [6, 6.07) is 11.5. The van der Waals surface area contributed by atoms with Crippen LogP contribution in [0.4, 0.5) is 8.78 Å². The second-order valence-corrected chi connectivity index (χ2v) is 15.8. The average Bonchev–Trinajstić information content (AvgIpc) is 3.60. The van der Waals surface area contributed by atoms with Crippen LogP contribution in [0.25, 0.3) is 10.8 Å². The number of carbonyl (C=O) groups excluding carboxylic acids is 1. The SMILES string of the molecule is CC(C)N([C@H](C(=O)N1C2CCC1CC(N)C2)C(F)(F)c1ccc(Br)cc1)S(=O)(=O)c1ccc2cc(OC3CCCC3)ccc2c1. The number of hydrogen-bond acceptors (Lipinski definition) is 5. The number of sulfonamides is 1. The molecule has 0 aromatic heterocycles. The number of nitrogens with two attached hydrogens (primary N) is 1. The summed E-state index contributed by atoms with van der Waals surface area (Å²) in [5, 5.41) is 1.40. The molecular weight excluding hydrogens is 664 g/mol. The molecule has 2 unspecified atom stereocenters. The van der Waals surface area contributed by atoms with E-state index in [1.54, 1.807) is 12.1 Å². The molecule has 3 aromatic rings. The number of amides is 1. The van der Waals surface area contributed by atoms with Crippen LogP contribution in [0.3, 0.4) is 0 Å². The Morgan fingerprint density at radius 3 is 2.18 bits per heavy atom. The number of ether oxygens (including phenoxy) is 1. The minimum atomic E-state index is -4.59. The first-order valence-corrected chi connectivity index (χ1v) is 18.0. The second kappa shape index (κ2) is 12.5. The highest BCUT2D eigenvalue weighted by molar-refractivity contribution is 9.10. The van der Waals surface area contributed by atoms with Gasteiger partial charge in [0.05, 0.1) is 11.0 Å². The molecule has 242 valence electrons. The predicted molar refractivity (Wildman–Crippen MR) is 174 cm³/mol. The molecular formula is C34H40BrF2N3O4S. The fraction of sp³-hybridized carbons (Fsp3) is 0.500. The molecule has 3 fully saturated rings. The Kier molecular flexibility index (Phi) is 9.02. The predicted octanol–water partition coefficient (Wildman–Crippen LogP) is 6.96. The van der Waals surface area contributed by atoms with Crippen molar-refractivity contribution in [1.82, 2.24) is 9.21 Å². The molecule has 7 nitrogen and oxygen atoms in total. The van der Waals surface area contributed by atoms with Crippen LogP contribution in [0, 0.1) is 0 Å². The number of fused-ring (bicyclic) bond motifs is 3. The van der Waals surface area contributed by atoms with Gasteiger partial charge in [-0.15, -0.1) is 0 Å². The molecule has 6 rings (SSSR count). The summed E-state index contributed by atoms with van der Waals surface area (Å²) < 4.78 is 70.0. The highest BCUT2D eigenvalue weighted by Gasteiger charge is 2.57. The third-order valence-electron chi connectivity index (χ3n) is 9.56. The van der Waals surface area contributed by atoms with Gasteiger partial charge in [-0.25, -0.2) is 8.42 Å². The molecule has 1 amide bonds. The van der Waals surface area contributed by atoms with Crippen LogP contribution < -0.4 is 10.5 Å². The smallest absolute Gasteiger partial charge is 0.298 e. The van der Waals surface area contributed by atoms with E-state index in [0.29, 0.717) is 41.3 Å². The van der Waals surface area contributed by atoms with Gasteiger partial charge in [0.15, 0.2) is 6.04 Å². The van der Waals surface area contributed by atoms with Gasteiger partial charge in [0, 0.05) is 34.2 Å². The fourth-order valence-electron chi connectivity index (χ4n) is 7.44. The monoisotopic (exact) mass is 703 g/mol. The van der Waals surface area contributed by atoms with Gasteiger partial charge in [0.25, 0.3) is 5.92 Å². The van der Waals surface area contributed by atoms with Gasteiger partial charge >= 0.3 is 0 Å². The number of piperidine rings is 1. The first-order chi connectivity index (χ1) is 21.4. The van der Waals surface area contributed by atoms with Crippen LogP contribution in [0.5, 0.6) is 5.75 Å². The second-order valence-electron chi connectivity index (χ2n) is 13.0. The molecule has 1 saturated carbocycles. The highest BCUT2D eigenvalue weighted by atomic mass is 79.9. The number of nitrogens with zero attached hydrogens (tertiary/aromatic N) is 2. The Balaban J connectivity index is 1.41. The Hall–Kier alpha value is -2.60. The normalized spacial score (nSPS) is 23.3. The van der Waals surface area contributed by atoms with E-state index >= 15 is 8.78 Å². The standard InChI is InChI=1S/C34H40BrF2N3O4S/c1-21(2)40(45(42,43)31-16-8-22-17-30(15-7-23(22)18-31)44-29-5-3-4-6-29)32(34(36,37)24-9-11-25(35)12-10-24)33(41)39-27-13-14-28(39)20-26(38)19-27/h7-12,15-18,21,26-29,32H,3-6,13-14,19-20,38H2,1-2H3/t26?,27?,28?,32-/m1/s1. The largest absolute Gasteiger partial charge is 0.490 e. The topological polar surface area (TPSA) is 92.9 Å². The number of alkyl halides is 2. The van der Waals surface area contributed by atoms with Crippen LogP contribution in [0.2, 0.25) is 0 Å². The molecule has 1 aliphatic carbocycles. The van der Waals surface area contributed by atoms with Crippen molar-refractivity contribution >= 4 is 42.6 Å². The maximum Gasteiger partial charge on any atom is 0.298 e. The Bertz CT molecular complexity index is 1650. The van der Waals surface area contributed by atoms with E-state index in [1.165, 1.54) is 55.1 Å². The van der Waals surface area contributed by atoms with Crippen molar-refractivity contribution in [3.63, 3.8) is 0 Å². The number of rotatable bonds is 9. The summed E-state index contributed by atoms with van der Waals surface area (Å²) in [7, 11) is -4.59. The highest BCUT2D eigenvalue weighted by Crippen LogP contribution is 2.43. The van der Waals surface area contributed by atoms with E-state index in [4.69, 9.17) is 10.5 Å². The maximum absolute atomic E-state index is 16.8. The van der Waals surface area contributed by atoms with Crippen LogP contribution in [0.15, 0.2) is 70.0 Å². The van der Waals surface area contributed by atoms with Gasteiger partial charge in [-0.2, -0.15) is 13.1 Å². The summed E-state index contributed by atoms with van der Waals surface area (Å²) in [6.45, 7) is 3.06. The lowest BCUT2D eigenvalue weighted by Gasteiger charge is -2.44. The van der Waals surface area contributed by atoms with Crippen molar-refractivity contribution in [3.05, 3.63) is 70.7 Å². The number of carbonyl (C=O) groups is 1. The first kappa shape index (κ1) is 32.3. The van der Waals surface area contributed by atoms with Gasteiger partial charge in [-0.1, -0.05) is 40.2 Å². The average molecular weight is 705 g/mol. The van der Waals surface area contributed by atoms with Crippen molar-refractivity contribution in [3.8, 4) is 5.75 Å². The maximum atomic E-state index is 16.8. The molecule has 3 aliphatic rings. The summed E-state index contributed by atoms with van der Waals surface area (Å²) in [5.74, 6) is -4.00. The van der Waals surface area contributed by atoms with Crippen LogP contribution in [-0.2, 0) is 20.7 Å². The Morgan fingerprint density at radius 1 is 0.956 bits per heavy atom. The zero-order valence-corrected chi connectivity index (χ0v) is 27.9. The van der Waals surface area contributed by atoms with Crippen molar-refractivity contribution in [2.75, 3.05) is 0 Å². The third kappa shape index (κ3) is 6.25. The molecule has 2 N–H and O–H groups in total.